The SMILES string of the molecule is CC(C)(C)Cc1cnc2c(c1)[C@@H](NC[C@@H](O)[C@H](Cc1cccc(C#N)c1)NC(=O)[C@H]1CCCO1)CC1(CC(F)(F)C1)O2. The number of carbonyl (C=O) groups is 1. The maximum absolute atomic E-state index is 14.0. The Morgan fingerprint density at radius 3 is 2.71 bits per heavy atom. The minimum absolute atomic E-state index is 0.0269. The molecule has 3 aliphatic rings. The van der Waals surface area contributed by atoms with Crippen LogP contribution in [0.2, 0.25) is 0 Å². The number of halogens is 2. The van der Waals surface area contributed by atoms with Gasteiger partial charge in [0.05, 0.1) is 36.6 Å². The number of benzene rings is 1. The van der Waals surface area contributed by atoms with Gasteiger partial charge in [0.1, 0.15) is 11.7 Å². The van der Waals surface area contributed by atoms with Gasteiger partial charge in [-0.25, -0.2) is 13.8 Å². The zero-order valence-electron chi connectivity index (χ0n) is 24.5. The number of nitriles is 1. The van der Waals surface area contributed by atoms with Gasteiger partial charge in [-0.2, -0.15) is 5.26 Å². The highest BCUT2D eigenvalue weighted by molar-refractivity contribution is 5.81. The van der Waals surface area contributed by atoms with Gasteiger partial charge in [-0.3, -0.25) is 4.79 Å². The first-order valence-corrected chi connectivity index (χ1v) is 14.7. The highest BCUT2D eigenvalue weighted by Gasteiger charge is 2.61. The monoisotopic (exact) mass is 582 g/mol. The lowest BCUT2D eigenvalue weighted by atomic mass is 9.70. The second kappa shape index (κ2) is 11.9. The third kappa shape index (κ3) is 7.25. The fourth-order valence-electron chi connectivity index (χ4n) is 6.35. The summed E-state index contributed by atoms with van der Waals surface area (Å²) in [6, 6.07) is 10.2. The number of amides is 1. The Bertz CT molecular complexity index is 1320. The van der Waals surface area contributed by atoms with Crippen LogP contribution in [-0.4, -0.2) is 58.9 Å². The second-order valence-corrected chi connectivity index (χ2v) is 13.3. The van der Waals surface area contributed by atoms with E-state index in [0.717, 1.165) is 29.5 Å². The lowest BCUT2D eigenvalue weighted by Gasteiger charge is -2.51. The van der Waals surface area contributed by atoms with Crippen LogP contribution in [0.3, 0.4) is 0 Å². The van der Waals surface area contributed by atoms with E-state index in [2.05, 4.69) is 42.5 Å². The van der Waals surface area contributed by atoms with E-state index in [4.69, 9.17) is 9.47 Å². The number of rotatable bonds is 9. The molecule has 2 fully saturated rings. The molecule has 1 aliphatic carbocycles. The van der Waals surface area contributed by atoms with Crippen LogP contribution < -0.4 is 15.4 Å². The molecule has 1 spiro atoms. The molecule has 1 saturated carbocycles. The lowest BCUT2D eigenvalue weighted by molar-refractivity contribution is -0.203. The van der Waals surface area contributed by atoms with Crippen molar-refractivity contribution in [1.29, 1.82) is 5.26 Å². The molecule has 5 rings (SSSR count). The standard InChI is InChI=1S/C32H40F2N4O4/c1-30(2,3)13-22-11-23-25(14-31(18-32(33,34)19-31)42-29(23)37-16-22)36-17-26(39)24(38-28(40)27-8-5-9-41-27)12-20-6-4-7-21(10-20)15-35/h4,6-7,10-11,16,24-27,36,39H,5,8-9,12-14,17-19H2,1-3H3,(H,38,40)/t24-,25-,26+,27+/m0/s1. The summed E-state index contributed by atoms with van der Waals surface area (Å²) in [5.74, 6) is -2.71. The number of alkyl halides is 2. The summed E-state index contributed by atoms with van der Waals surface area (Å²) in [6.07, 6.45) is 2.24. The van der Waals surface area contributed by atoms with Gasteiger partial charge in [0.25, 0.3) is 5.92 Å². The van der Waals surface area contributed by atoms with Crippen LogP contribution in [0, 0.1) is 16.7 Å². The largest absolute Gasteiger partial charge is 0.470 e. The normalized spacial score (nSPS) is 23.6. The number of hydrogen-bond donors (Lipinski definition) is 3. The lowest BCUT2D eigenvalue weighted by Crippen LogP contribution is -2.59. The molecule has 0 unspecified atom stereocenters. The highest BCUT2D eigenvalue weighted by atomic mass is 19.3. The number of carbonyl (C=O) groups excluding carboxylic acids is 1. The third-order valence-electron chi connectivity index (χ3n) is 8.20. The molecular formula is C32H40F2N4O4. The molecule has 1 amide bonds. The topological polar surface area (TPSA) is 116 Å². The summed E-state index contributed by atoms with van der Waals surface area (Å²) in [5.41, 5.74) is 2.11. The molecule has 1 saturated heterocycles. The Morgan fingerprint density at radius 1 is 1.26 bits per heavy atom. The van der Waals surface area contributed by atoms with E-state index in [9.17, 15) is 23.9 Å². The number of pyridine rings is 1. The summed E-state index contributed by atoms with van der Waals surface area (Å²) in [5, 5.41) is 27.1. The van der Waals surface area contributed by atoms with E-state index in [1.807, 2.05) is 12.1 Å². The second-order valence-electron chi connectivity index (χ2n) is 13.3. The van der Waals surface area contributed by atoms with E-state index in [0.29, 0.717) is 37.3 Å². The van der Waals surface area contributed by atoms with Crippen molar-refractivity contribution in [1.82, 2.24) is 15.6 Å². The van der Waals surface area contributed by atoms with Gasteiger partial charge in [0.2, 0.25) is 11.8 Å². The smallest absolute Gasteiger partial charge is 0.255 e. The summed E-state index contributed by atoms with van der Waals surface area (Å²) in [6.45, 7) is 7.02. The summed E-state index contributed by atoms with van der Waals surface area (Å²) in [4.78, 5) is 17.5. The van der Waals surface area contributed by atoms with Crippen molar-refractivity contribution in [3.8, 4) is 11.9 Å². The van der Waals surface area contributed by atoms with Crippen LogP contribution in [0.5, 0.6) is 5.88 Å². The maximum atomic E-state index is 14.0. The number of nitrogens with one attached hydrogen (secondary N) is 2. The number of nitrogens with zero attached hydrogens (tertiary/aromatic N) is 2. The van der Waals surface area contributed by atoms with Crippen molar-refractivity contribution < 1.29 is 28.2 Å². The molecule has 42 heavy (non-hydrogen) atoms. The Kier molecular flexibility index (Phi) is 8.57. The fourth-order valence-corrected chi connectivity index (χ4v) is 6.35. The summed E-state index contributed by atoms with van der Waals surface area (Å²) in [7, 11) is 0. The molecule has 2 aliphatic heterocycles. The fraction of sp³-hybridized carbons (Fsp3) is 0.594. The molecule has 10 heteroatoms. The number of ether oxygens (including phenoxy) is 2. The molecule has 1 aromatic carbocycles. The van der Waals surface area contributed by atoms with Crippen molar-refractivity contribution in [2.24, 2.45) is 5.41 Å². The predicted molar refractivity (Wildman–Crippen MR) is 152 cm³/mol. The zero-order valence-corrected chi connectivity index (χ0v) is 24.5. The van der Waals surface area contributed by atoms with E-state index in [1.165, 1.54) is 0 Å². The van der Waals surface area contributed by atoms with Crippen LogP contribution in [0.25, 0.3) is 0 Å². The first-order valence-electron chi connectivity index (χ1n) is 14.7. The van der Waals surface area contributed by atoms with E-state index in [1.54, 1.807) is 24.4 Å². The Labute approximate surface area is 245 Å². The van der Waals surface area contributed by atoms with Gasteiger partial charge < -0.3 is 25.2 Å². The molecule has 4 atom stereocenters. The Hall–Kier alpha value is -3.13. The molecule has 8 nitrogen and oxygen atoms in total. The van der Waals surface area contributed by atoms with Gasteiger partial charge in [-0.15, -0.1) is 0 Å². The first kappa shape index (κ1) is 30.3. The quantitative estimate of drug-likeness (QED) is 0.402. The van der Waals surface area contributed by atoms with E-state index in [-0.39, 0.29) is 36.8 Å². The average molecular weight is 583 g/mol. The van der Waals surface area contributed by atoms with Crippen LogP contribution >= 0.6 is 0 Å². The van der Waals surface area contributed by atoms with Crippen molar-refractivity contribution in [2.45, 2.75) is 102 Å². The van der Waals surface area contributed by atoms with Crippen molar-refractivity contribution in [2.75, 3.05) is 13.2 Å². The average Bonchev–Trinajstić information content (AvgIpc) is 3.45. The number of aliphatic hydroxyl groups is 1. The van der Waals surface area contributed by atoms with Crippen LogP contribution in [0.4, 0.5) is 8.78 Å². The summed E-state index contributed by atoms with van der Waals surface area (Å²) < 4.78 is 39.7. The summed E-state index contributed by atoms with van der Waals surface area (Å²) >= 11 is 0. The van der Waals surface area contributed by atoms with Gasteiger partial charge in [0.15, 0.2) is 0 Å². The van der Waals surface area contributed by atoms with Gasteiger partial charge in [0, 0.05) is 37.4 Å². The zero-order chi connectivity index (χ0) is 30.1. The number of fused-ring (bicyclic) bond motifs is 1. The predicted octanol–water partition coefficient (Wildman–Crippen LogP) is 4.39. The molecule has 3 N–H and O–H groups in total. The third-order valence-corrected chi connectivity index (χ3v) is 8.20. The molecule has 226 valence electrons. The Balaban J connectivity index is 1.35. The molecule has 1 aromatic heterocycles. The molecule has 0 bridgehead atoms. The van der Waals surface area contributed by atoms with Crippen molar-refractivity contribution in [3.63, 3.8) is 0 Å². The van der Waals surface area contributed by atoms with Crippen LogP contribution in [0.1, 0.15) is 81.2 Å². The molecule has 2 aromatic rings. The number of hydrogen-bond acceptors (Lipinski definition) is 7. The van der Waals surface area contributed by atoms with Crippen molar-refractivity contribution in [3.05, 3.63) is 58.8 Å². The minimum Gasteiger partial charge on any atom is -0.470 e. The Morgan fingerprint density at radius 2 is 2.05 bits per heavy atom. The van der Waals surface area contributed by atoms with Gasteiger partial charge in [-0.05, 0) is 60.4 Å². The number of aromatic nitrogens is 1. The first-order chi connectivity index (χ1) is 19.8. The molecule has 3 heterocycles. The van der Waals surface area contributed by atoms with Crippen LogP contribution in [0.15, 0.2) is 36.5 Å². The van der Waals surface area contributed by atoms with Gasteiger partial charge in [-0.1, -0.05) is 32.9 Å². The van der Waals surface area contributed by atoms with Gasteiger partial charge >= 0.3 is 0 Å². The molecule has 0 radical (unpaired) electrons. The maximum Gasteiger partial charge on any atom is 0.255 e. The van der Waals surface area contributed by atoms with E-state index < -0.39 is 29.8 Å². The molecular weight excluding hydrogens is 542 g/mol. The van der Waals surface area contributed by atoms with Crippen LogP contribution in [-0.2, 0) is 22.4 Å². The van der Waals surface area contributed by atoms with Crippen molar-refractivity contribution >= 4 is 5.91 Å². The minimum atomic E-state index is -2.77. The number of aliphatic hydroxyl groups excluding tert-OH is 1. The highest BCUT2D eigenvalue weighted by Crippen LogP contribution is 2.55. The van der Waals surface area contributed by atoms with E-state index >= 15 is 0 Å².